The van der Waals surface area contributed by atoms with E-state index in [1.165, 1.54) is 11.8 Å². The first kappa shape index (κ1) is 14.4. The Bertz CT molecular complexity index is 585. The van der Waals surface area contributed by atoms with Gasteiger partial charge in [0, 0.05) is 7.05 Å². The van der Waals surface area contributed by atoms with Gasteiger partial charge in [-0.1, -0.05) is 23.9 Å². The molecule has 0 atom stereocenters. The first-order valence-electron chi connectivity index (χ1n) is 6.19. The molecule has 0 radical (unpaired) electrons. The summed E-state index contributed by atoms with van der Waals surface area (Å²) in [6.07, 6.45) is 1.60. The Morgan fingerprint density at radius 3 is 2.95 bits per heavy atom. The number of nitrogens with one attached hydrogen (secondary N) is 1. The van der Waals surface area contributed by atoms with Crippen LogP contribution in [0.5, 0.6) is 5.75 Å². The van der Waals surface area contributed by atoms with E-state index in [0.29, 0.717) is 23.2 Å². The second-order valence-electron chi connectivity index (χ2n) is 3.99. The predicted octanol–water partition coefficient (Wildman–Crippen LogP) is 1.94. The molecule has 0 bridgehead atoms. The first-order valence-corrected chi connectivity index (χ1v) is 7.17. The lowest BCUT2D eigenvalue weighted by molar-refractivity contribution is -0.113. The lowest BCUT2D eigenvalue weighted by Gasteiger charge is -2.10. The molecular weight excluding hydrogens is 276 g/mol. The Labute approximate surface area is 121 Å². The lowest BCUT2D eigenvalue weighted by atomic mass is 10.3. The summed E-state index contributed by atoms with van der Waals surface area (Å²) in [4.78, 5) is 11.9. The second-order valence-corrected chi connectivity index (χ2v) is 4.93. The Morgan fingerprint density at radius 2 is 2.25 bits per heavy atom. The number of aryl methyl sites for hydroxylation is 1. The number of ether oxygens (including phenoxy) is 1. The van der Waals surface area contributed by atoms with Crippen LogP contribution in [0, 0.1) is 0 Å². The van der Waals surface area contributed by atoms with E-state index in [9.17, 15) is 4.79 Å². The molecule has 1 N–H and O–H groups in total. The Kier molecular flexibility index (Phi) is 5.00. The van der Waals surface area contributed by atoms with Gasteiger partial charge in [-0.05, 0) is 19.1 Å². The Balaban J connectivity index is 1.93. The topological polar surface area (TPSA) is 69.0 Å². The number of nitrogens with zero attached hydrogens (tertiary/aromatic N) is 3. The minimum atomic E-state index is -0.106. The van der Waals surface area contributed by atoms with Crippen molar-refractivity contribution in [2.75, 3.05) is 17.7 Å². The van der Waals surface area contributed by atoms with E-state index in [-0.39, 0.29) is 11.7 Å². The van der Waals surface area contributed by atoms with Gasteiger partial charge in [0.2, 0.25) is 5.91 Å². The standard InChI is InChI=1S/C13H16N4O2S/c1-3-19-11-7-5-4-6-10(11)15-12(18)8-20-13-16-14-9-17(13)2/h4-7,9H,3,8H2,1-2H3,(H,15,18). The fourth-order valence-corrected chi connectivity index (χ4v) is 2.26. The van der Waals surface area contributed by atoms with Crippen molar-refractivity contribution in [3.05, 3.63) is 30.6 Å². The minimum absolute atomic E-state index is 0.106. The van der Waals surface area contributed by atoms with E-state index in [1.54, 1.807) is 10.9 Å². The molecule has 0 unspecified atom stereocenters. The summed E-state index contributed by atoms with van der Waals surface area (Å²) in [7, 11) is 1.84. The molecule has 7 heteroatoms. The number of benzene rings is 1. The molecule has 1 heterocycles. The van der Waals surface area contributed by atoms with E-state index in [0.717, 1.165) is 0 Å². The van der Waals surface area contributed by atoms with Crippen molar-refractivity contribution in [1.82, 2.24) is 14.8 Å². The highest BCUT2D eigenvalue weighted by molar-refractivity contribution is 7.99. The van der Waals surface area contributed by atoms with Crippen molar-refractivity contribution in [1.29, 1.82) is 0 Å². The van der Waals surface area contributed by atoms with Gasteiger partial charge in [-0.15, -0.1) is 10.2 Å². The summed E-state index contributed by atoms with van der Waals surface area (Å²) < 4.78 is 7.23. The summed E-state index contributed by atoms with van der Waals surface area (Å²) in [6, 6.07) is 7.37. The fraction of sp³-hybridized carbons (Fsp3) is 0.308. The maximum atomic E-state index is 11.9. The van der Waals surface area contributed by atoms with Gasteiger partial charge in [-0.25, -0.2) is 0 Å². The number of carbonyl (C=O) groups excluding carboxylic acids is 1. The maximum absolute atomic E-state index is 11.9. The largest absolute Gasteiger partial charge is 0.492 e. The van der Waals surface area contributed by atoms with Crippen LogP contribution in [0.25, 0.3) is 0 Å². The predicted molar refractivity (Wildman–Crippen MR) is 78.0 cm³/mol. The maximum Gasteiger partial charge on any atom is 0.234 e. The van der Waals surface area contributed by atoms with Crippen molar-refractivity contribution in [3.63, 3.8) is 0 Å². The molecule has 1 aromatic carbocycles. The molecule has 6 nitrogen and oxygen atoms in total. The van der Waals surface area contributed by atoms with Crippen LogP contribution in [0.15, 0.2) is 35.7 Å². The van der Waals surface area contributed by atoms with Crippen molar-refractivity contribution >= 4 is 23.4 Å². The Hall–Kier alpha value is -2.02. The zero-order valence-corrected chi connectivity index (χ0v) is 12.2. The van der Waals surface area contributed by atoms with Crippen molar-refractivity contribution < 1.29 is 9.53 Å². The SMILES string of the molecule is CCOc1ccccc1NC(=O)CSc1nncn1C. The van der Waals surface area contributed by atoms with Crippen LogP contribution in [0.4, 0.5) is 5.69 Å². The Morgan fingerprint density at radius 1 is 1.45 bits per heavy atom. The molecule has 20 heavy (non-hydrogen) atoms. The van der Waals surface area contributed by atoms with Gasteiger partial charge in [0.15, 0.2) is 5.16 Å². The summed E-state index contributed by atoms with van der Waals surface area (Å²) in [6.45, 7) is 2.46. The van der Waals surface area contributed by atoms with E-state index in [1.807, 2.05) is 38.2 Å². The zero-order chi connectivity index (χ0) is 14.4. The van der Waals surface area contributed by atoms with E-state index < -0.39 is 0 Å². The third-order valence-electron chi connectivity index (χ3n) is 2.46. The summed E-state index contributed by atoms with van der Waals surface area (Å²) in [5.74, 6) is 0.838. The molecule has 0 saturated heterocycles. The highest BCUT2D eigenvalue weighted by atomic mass is 32.2. The molecule has 2 rings (SSSR count). The molecule has 0 aliphatic heterocycles. The summed E-state index contributed by atoms with van der Waals surface area (Å²) >= 11 is 1.34. The zero-order valence-electron chi connectivity index (χ0n) is 11.4. The van der Waals surface area contributed by atoms with E-state index in [4.69, 9.17) is 4.74 Å². The molecule has 0 aliphatic carbocycles. The molecule has 1 aromatic heterocycles. The van der Waals surface area contributed by atoms with Gasteiger partial charge in [0.1, 0.15) is 12.1 Å². The fourth-order valence-electron chi connectivity index (χ4n) is 1.57. The number of hydrogen-bond donors (Lipinski definition) is 1. The molecule has 106 valence electrons. The van der Waals surface area contributed by atoms with Gasteiger partial charge in [-0.2, -0.15) is 0 Å². The molecular formula is C13H16N4O2S. The third kappa shape index (κ3) is 3.74. The average molecular weight is 292 g/mol. The van der Waals surface area contributed by atoms with Crippen LogP contribution in [0.3, 0.4) is 0 Å². The van der Waals surface area contributed by atoms with Crippen LogP contribution >= 0.6 is 11.8 Å². The van der Waals surface area contributed by atoms with Gasteiger partial charge in [0.25, 0.3) is 0 Å². The number of aromatic nitrogens is 3. The molecule has 0 aliphatic rings. The first-order chi connectivity index (χ1) is 9.70. The van der Waals surface area contributed by atoms with Crippen LogP contribution in [0.2, 0.25) is 0 Å². The highest BCUT2D eigenvalue weighted by Crippen LogP contribution is 2.24. The smallest absolute Gasteiger partial charge is 0.234 e. The molecule has 1 amide bonds. The van der Waals surface area contributed by atoms with Crippen molar-refractivity contribution in [3.8, 4) is 5.75 Å². The summed E-state index contributed by atoms with van der Waals surface area (Å²) in [5, 5.41) is 11.2. The number of hydrogen-bond acceptors (Lipinski definition) is 5. The molecule has 0 saturated carbocycles. The monoisotopic (exact) mass is 292 g/mol. The minimum Gasteiger partial charge on any atom is -0.492 e. The summed E-state index contributed by atoms with van der Waals surface area (Å²) in [5.41, 5.74) is 0.679. The van der Waals surface area contributed by atoms with Gasteiger partial charge < -0.3 is 14.6 Å². The average Bonchev–Trinajstić information content (AvgIpc) is 2.84. The van der Waals surface area contributed by atoms with Crippen LogP contribution in [-0.2, 0) is 11.8 Å². The van der Waals surface area contributed by atoms with Crippen LogP contribution in [-0.4, -0.2) is 33.0 Å². The third-order valence-corrected chi connectivity index (χ3v) is 3.50. The number of thioether (sulfide) groups is 1. The highest BCUT2D eigenvalue weighted by Gasteiger charge is 2.09. The molecule has 0 spiro atoms. The quantitative estimate of drug-likeness (QED) is 0.824. The number of rotatable bonds is 6. The number of anilines is 1. The lowest BCUT2D eigenvalue weighted by Crippen LogP contribution is -2.15. The normalized spacial score (nSPS) is 10.3. The number of amides is 1. The van der Waals surface area contributed by atoms with Crippen molar-refractivity contribution in [2.24, 2.45) is 7.05 Å². The molecule has 2 aromatic rings. The van der Waals surface area contributed by atoms with Crippen molar-refractivity contribution in [2.45, 2.75) is 12.1 Å². The van der Waals surface area contributed by atoms with E-state index >= 15 is 0 Å². The van der Waals surface area contributed by atoms with Gasteiger partial charge >= 0.3 is 0 Å². The second kappa shape index (κ2) is 6.95. The van der Waals surface area contributed by atoms with Crippen LogP contribution in [0.1, 0.15) is 6.92 Å². The molecule has 0 fully saturated rings. The van der Waals surface area contributed by atoms with Gasteiger partial charge in [0.05, 0.1) is 18.0 Å². The number of carbonyl (C=O) groups is 1. The van der Waals surface area contributed by atoms with Crippen LogP contribution < -0.4 is 10.1 Å². The van der Waals surface area contributed by atoms with Gasteiger partial charge in [-0.3, -0.25) is 4.79 Å². The number of para-hydroxylation sites is 2. The van der Waals surface area contributed by atoms with E-state index in [2.05, 4.69) is 15.5 Å².